The number of sulfonamides is 1. The molecule has 0 spiro atoms. The zero-order valence-corrected chi connectivity index (χ0v) is 13.6. The number of aryl methyl sites for hydroxylation is 1. The fourth-order valence-electron chi connectivity index (χ4n) is 1.68. The molecule has 0 saturated carbocycles. The van der Waals surface area contributed by atoms with Gasteiger partial charge in [-0.25, -0.2) is 8.42 Å². The molecule has 0 bridgehead atoms. The monoisotopic (exact) mass is 398 g/mol. The van der Waals surface area contributed by atoms with Gasteiger partial charge in [-0.3, -0.25) is 4.72 Å². The average Bonchev–Trinajstić information content (AvgIpc) is 2.42. The van der Waals surface area contributed by atoms with Gasteiger partial charge >= 0.3 is 0 Å². The van der Waals surface area contributed by atoms with Crippen LogP contribution in [0.2, 0.25) is 0 Å². The van der Waals surface area contributed by atoms with Crippen LogP contribution >= 0.6 is 22.6 Å². The Hall–Kier alpha value is -1.59. The SMILES string of the molecule is Cc1cc(I)ccc1NS(=O)(=O)c1cccc(C#N)c1. The van der Waals surface area contributed by atoms with E-state index < -0.39 is 10.0 Å². The number of benzene rings is 2. The van der Waals surface area contributed by atoms with Crippen LogP contribution in [-0.2, 0) is 10.0 Å². The van der Waals surface area contributed by atoms with Gasteiger partial charge < -0.3 is 0 Å². The van der Waals surface area contributed by atoms with Gasteiger partial charge in [-0.15, -0.1) is 0 Å². The molecule has 102 valence electrons. The number of nitrogens with zero attached hydrogens (tertiary/aromatic N) is 1. The molecule has 2 rings (SSSR count). The first-order valence-electron chi connectivity index (χ1n) is 5.71. The van der Waals surface area contributed by atoms with Gasteiger partial charge in [0.2, 0.25) is 0 Å². The largest absolute Gasteiger partial charge is 0.279 e. The van der Waals surface area contributed by atoms with Crippen molar-refractivity contribution in [3.8, 4) is 6.07 Å². The van der Waals surface area contributed by atoms with Gasteiger partial charge in [0.05, 0.1) is 22.2 Å². The van der Waals surface area contributed by atoms with Crippen LogP contribution < -0.4 is 4.72 Å². The van der Waals surface area contributed by atoms with Gasteiger partial charge in [0.15, 0.2) is 0 Å². The van der Waals surface area contributed by atoms with E-state index in [0.717, 1.165) is 9.13 Å². The maximum absolute atomic E-state index is 12.3. The van der Waals surface area contributed by atoms with Crippen LogP contribution in [0.5, 0.6) is 0 Å². The topological polar surface area (TPSA) is 70.0 Å². The van der Waals surface area contributed by atoms with Gasteiger partial charge in [0, 0.05) is 3.57 Å². The minimum absolute atomic E-state index is 0.0782. The summed E-state index contributed by atoms with van der Waals surface area (Å²) in [5, 5.41) is 8.83. The van der Waals surface area contributed by atoms with Gasteiger partial charge in [0.25, 0.3) is 10.0 Å². The summed E-state index contributed by atoms with van der Waals surface area (Å²) in [6.45, 7) is 1.84. The maximum Gasteiger partial charge on any atom is 0.261 e. The lowest BCUT2D eigenvalue weighted by Crippen LogP contribution is -2.13. The van der Waals surface area contributed by atoms with Crippen molar-refractivity contribution >= 4 is 38.3 Å². The highest BCUT2D eigenvalue weighted by molar-refractivity contribution is 14.1. The number of halogens is 1. The molecule has 20 heavy (non-hydrogen) atoms. The van der Waals surface area contributed by atoms with E-state index in [9.17, 15) is 8.42 Å². The minimum Gasteiger partial charge on any atom is -0.279 e. The molecule has 0 aromatic heterocycles. The van der Waals surface area contributed by atoms with E-state index >= 15 is 0 Å². The molecule has 0 fully saturated rings. The van der Waals surface area contributed by atoms with Crippen LogP contribution in [0.15, 0.2) is 47.4 Å². The maximum atomic E-state index is 12.3. The Morgan fingerprint density at radius 2 is 1.95 bits per heavy atom. The van der Waals surface area contributed by atoms with Crippen LogP contribution in [0, 0.1) is 21.8 Å². The summed E-state index contributed by atoms with van der Waals surface area (Å²) in [7, 11) is -3.68. The summed E-state index contributed by atoms with van der Waals surface area (Å²) < 4.78 is 28.1. The predicted molar refractivity (Wildman–Crippen MR) is 85.9 cm³/mol. The molecule has 4 nitrogen and oxygen atoms in total. The standard InChI is InChI=1S/C14H11IN2O2S/c1-10-7-12(15)5-6-14(10)17-20(18,19)13-4-2-3-11(8-13)9-16/h2-8,17H,1H3. The third-order valence-corrected chi connectivity index (χ3v) is 4.74. The van der Waals surface area contributed by atoms with Crippen molar-refractivity contribution in [3.63, 3.8) is 0 Å². The summed E-state index contributed by atoms with van der Waals surface area (Å²) in [6, 6.07) is 13.3. The van der Waals surface area contributed by atoms with Crippen LogP contribution in [0.3, 0.4) is 0 Å². The van der Waals surface area contributed by atoms with E-state index in [-0.39, 0.29) is 4.90 Å². The van der Waals surface area contributed by atoms with Crippen LogP contribution in [0.4, 0.5) is 5.69 Å². The molecule has 0 amide bonds. The summed E-state index contributed by atoms with van der Waals surface area (Å²) in [4.78, 5) is 0.0782. The fourth-order valence-corrected chi connectivity index (χ4v) is 3.50. The smallest absolute Gasteiger partial charge is 0.261 e. The number of nitrogens with one attached hydrogen (secondary N) is 1. The van der Waals surface area contributed by atoms with Crippen LogP contribution in [0.25, 0.3) is 0 Å². The van der Waals surface area contributed by atoms with E-state index in [1.165, 1.54) is 12.1 Å². The first-order valence-corrected chi connectivity index (χ1v) is 8.28. The Morgan fingerprint density at radius 1 is 1.20 bits per heavy atom. The van der Waals surface area contributed by atoms with Crippen LogP contribution in [0.1, 0.15) is 11.1 Å². The highest BCUT2D eigenvalue weighted by Gasteiger charge is 2.15. The second kappa shape index (κ2) is 5.81. The number of anilines is 1. The molecule has 1 N–H and O–H groups in total. The molecule has 0 aliphatic heterocycles. The predicted octanol–water partition coefficient (Wildman–Crippen LogP) is 3.27. The molecule has 0 atom stereocenters. The third-order valence-electron chi connectivity index (χ3n) is 2.71. The summed E-state index contributed by atoms with van der Waals surface area (Å²) in [6.07, 6.45) is 0. The molecular weight excluding hydrogens is 387 g/mol. The van der Waals surface area contributed by atoms with Crippen molar-refractivity contribution in [2.75, 3.05) is 4.72 Å². The molecule has 0 aliphatic rings. The molecule has 2 aromatic carbocycles. The summed E-state index contributed by atoms with van der Waals surface area (Å²) in [5.74, 6) is 0. The summed E-state index contributed by atoms with van der Waals surface area (Å²) in [5.41, 5.74) is 1.69. The highest BCUT2D eigenvalue weighted by Crippen LogP contribution is 2.22. The highest BCUT2D eigenvalue weighted by atomic mass is 127. The molecule has 0 unspecified atom stereocenters. The lowest BCUT2D eigenvalue weighted by Gasteiger charge is -2.11. The second-order valence-electron chi connectivity index (χ2n) is 4.20. The van der Waals surface area contributed by atoms with Gasteiger partial charge in [-0.2, -0.15) is 5.26 Å². The van der Waals surface area contributed by atoms with E-state index in [2.05, 4.69) is 27.3 Å². The van der Waals surface area contributed by atoms with Crippen LogP contribution in [-0.4, -0.2) is 8.42 Å². The van der Waals surface area contributed by atoms with Crippen molar-refractivity contribution in [2.45, 2.75) is 11.8 Å². The molecular formula is C14H11IN2O2S. The van der Waals surface area contributed by atoms with E-state index in [1.807, 2.05) is 25.1 Å². The quantitative estimate of drug-likeness (QED) is 0.807. The Balaban J connectivity index is 2.38. The first-order chi connectivity index (χ1) is 9.42. The number of hydrogen-bond acceptors (Lipinski definition) is 3. The van der Waals surface area contributed by atoms with E-state index in [4.69, 9.17) is 5.26 Å². The van der Waals surface area contributed by atoms with E-state index in [1.54, 1.807) is 18.2 Å². The third kappa shape index (κ3) is 3.29. The Kier molecular flexibility index (Phi) is 4.30. The van der Waals surface area contributed by atoms with Crippen molar-refractivity contribution in [3.05, 3.63) is 57.2 Å². The normalized spacial score (nSPS) is 10.8. The fraction of sp³-hybridized carbons (Fsp3) is 0.0714. The average molecular weight is 398 g/mol. The summed E-state index contributed by atoms with van der Waals surface area (Å²) >= 11 is 2.17. The number of hydrogen-bond donors (Lipinski definition) is 1. The van der Waals surface area contributed by atoms with Crippen molar-refractivity contribution in [1.29, 1.82) is 5.26 Å². The van der Waals surface area contributed by atoms with Crippen molar-refractivity contribution in [1.82, 2.24) is 0 Å². The molecule has 0 aliphatic carbocycles. The molecule has 6 heteroatoms. The number of rotatable bonds is 3. The van der Waals surface area contributed by atoms with Gasteiger partial charge in [0.1, 0.15) is 0 Å². The Bertz CT molecular complexity index is 795. The molecule has 0 saturated heterocycles. The zero-order valence-electron chi connectivity index (χ0n) is 10.6. The minimum atomic E-state index is -3.68. The van der Waals surface area contributed by atoms with E-state index in [0.29, 0.717) is 11.3 Å². The first kappa shape index (κ1) is 14.8. The molecule has 0 radical (unpaired) electrons. The Labute approximate surface area is 131 Å². The second-order valence-corrected chi connectivity index (χ2v) is 7.13. The Morgan fingerprint density at radius 3 is 2.60 bits per heavy atom. The van der Waals surface area contributed by atoms with Gasteiger partial charge in [-0.05, 0) is 71.5 Å². The lowest BCUT2D eigenvalue weighted by atomic mass is 10.2. The lowest BCUT2D eigenvalue weighted by molar-refractivity contribution is 0.601. The van der Waals surface area contributed by atoms with Crippen molar-refractivity contribution < 1.29 is 8.42 Å². The van der Waals surface area contributed by atoms with Crippen molar-refractivity contribution in [2.24, 2.45) is 0 Å². The zero-order chi connectivity index (χ0) is 14.8. The van der Waals surface area contributed by atoms with Gasteiger partial charge in [-0.1, -0.05) is 6.07 Å². The molecule has 2 aromatic rings. The molecule has 0 heterocycles. The number of nitriles is 1.